The van der Waals surface area contributed by atoms with Gasteiger partial charge in [-0.1, -0.05) is 17.7 Å². The summed E-state index contributed by atoms with van der Waals surface area (Å²) in [6.07, 6.45) is 3.91. The second-order valence-electron chi connectivity index (χ2n) is 8.76. The molecular weight excluding hydrogens is 492 g/mol. The lowest BCUT2D eigenvalue weighted by molar-refractivity contribution is 0.0945. The van der Waals surface area contributed by atoms with E-state index in [0.717, 1.165) is 37.3 Å². The molecule has 1 aliphatic heterocycles. The number of nitrogens with zero attached hydrogens (tertiary/aromatic N) is 4. The second kappa shape index (κ2) is 11.0. The van der Waals surface area contributed by atoms with Crippen LogP contribution in [0, 0.1) is 11.6 Å². The molecule has 190 valence electrons. The van der Waals surface area contributed by atoms with Gasteiger partial charge >= 0.3 is 0 Å². The fourth-order valence-electron chi connectivity index (χ4n) is 3.98. The largest absolute Gasteiger partial charge is 0.357 e. The Morgan fingerprint density at radius 2 is 1.86 bits per heavy atom. The van der Waals surface area contributed by atoms with Crippen LogP contribution in [-0.4, -0.2) is 65.1 Å². The van der Waals surface area contributed by atoms with Crippen LogP contribution >= 0.6 is 11.6 Å². The molecule has 0 unspecified atom stereocenters. The van der Waals surface area contributed by atoms with Crippen LogP contribution in [0.5, 0.6) is 0 Å². The maximum absolute atomic E-state index is 13.5. The molecule has 1 fully saturated rings. The molecule has 36 heavy (non-hydrogen) atoms. The fraction of sp³-hybridized carbons (Fsp3) is 0.333. The van der Waals surface area contributed by atoms with Crippen molar-refractivity contribution in [1.82, 2.24) is 25.4 Å². The van der Waals surface area contributed by atoms with E-state index >= 15 is 0 Å². The Labute approximate surface area is 211 Å². The number of carbonyl (C=O) groups is 2. The number of halogens is 3. The van der Waals surface area contributed by atoms with E-state index in [4.69, 9.17) is 11.6 Å². The maximum atomic E-state index is 13.5. The summed E-state index contributed by atoms with van der Waals surface area (Å²) >= 11 is 5.82. The lowest BCUT2D eigenvalue weighted by atomic mass is 10.0. The molecule has 3 N–H and O–H groups in total. The number of aromatic nitrogens is 3. The molecule has 12 heteroatoms. The Morgan fingerprint density at radius 1 is 1.14 bits per heavy atom. The van der Waals surface area contributed by atoms with Crippen molar-refractivity contribution < 1.29 is 18.4 Å². The molecule has 0 atom stereocenters. The van der Waals surface area contributed by atoms with Crippen LogP contribution in [0.3, 0.4) is 0 Å². The van der Waals surface area contributed by atoms with Gasteiger partial charge in [0.1, 0.15) is 11.5 Å². The molecule has 0 radical (unpaired) electrons. The van der Waals surface area contributed by atoms with Crippen molar-refractivity contribution in [2.75, 3.05) is 37.4 Å². The monoisotopic (exact) mass is 517 g/mol. The second-order valence-corrected chi connectivity index (χ2v) is 9.16. The van der Waals surface area contributed by atoms with Crippen LogP contribution in [0.1, 0.15) is 39.3 Å². The summed E-state index contributed by atoms with van der Waals surface area (Å²) in [5, 5.41) is 11.3. The van der Waals surface area contributed by atoms with Crippen LogP contribution in [0.25, 0.3) is 0 Å². The van der Waals surface area contributed by atoms with Gasteiger partial charge in [-0.05, 0) is 50.7 Å². The first-order valence-electron chi connectivity index (χ1n) is 11.4. The van der Waals surface area contributed by atoms with Gasteiger partial charge in [0.05, 0.1) is 10.6 Å². The first kappa shape index (κ1) is 25.5. The molecule has 0 aliphatic carbocycles. The number of nitrogens with one attached hydrogen (secondary N) is 3. The highest BCUT2D eigenvalue weighted by molar-refractivity contribution is 6.34. The summed E-state index contributed by atoms with van der Waals surface area (Å²) in [5.41, 5.74) is 0.675. The molecule has 2 aromatic heterocycles. The van der Waals surface area contributed by atoms with E-state index in [1.54, 1.807) is 6.20 Å². The highest BCUT2D eigenvalue weighted by Crippen LogP contribution is 2.22. The van der Waals surface area contributed by atoms with Crippen LogP contribution < -0.4 is 15.5 Å². The predicted octanol–water partition coefficient (Wildman–Crippen LogP) is 3.45. The minimum Gasteiger partial charge on any atom is -0.357 e. The number of aromatic amines is 1. The maximum Gasteiger partial charge on any atom is 0.269 e. The highest BCUT2D eigenvalue weighted by Gasteiger charge is 2.21. The molecule has 2 amide bonds. The zero-order valence-electron chi connectivity index (χ0n) is 19.8. The van der Waals surface area contributed by atoms with Gasteiger partial charge in [0, 0.05) is 37.9 Å². The summed E-state index contributed by atoms with van der Waals surface area (Å²) < 4.78 is 26.7. The van der Waals surface area contributed by atoms with Gasteiger partial charge < -0.3 is 20.4 Å². The van der Waals surface area contributed by atoms with Crippen molar-refractivity contribution in [3.05, 3.63) is 70.0 Å². The smallest absolute Gasteiger partial charge is 0.269 e. The predicted molar refractivity (Wildman–Crippen MR) is 132 cm³/mol. The number of amides is 2. The summed E-state index contributed by atoms with van der Waals surface area (Å²) in [6.45, 7) is 2.15. The van der Waals surface area contributed by atoms with E-state index in [-0.39, 0.29) is 28.6 Å². The van der Waals surface area contributed by atoms with Crippen molar-refractivity contribution in [3.8, 4) is 0 Å². The molecule has 0 spiro atoms. The Balaban J connectivity index is 1.29. The summed E-state index contributed by atoms with van der Waals surface area (Å²) in [6, 6.07) is 7.19. The Kier molecular flexibility index (Phi) is 7.80. The third-order valence-corrected chi connectivity index (χ3v) is 6.41. The van der Waals surface area contributed by atoms with Crippen molar-refractivity contribution in [1.29, 1.82) is 0 Å². The lowest BCUT2D eigenvalue weighted by Gasteiger charge is -2.35. The fourth-order valence-corrected chi connectivity index (χ4v) is 4.22. The minimum absolute atomic E-state index is 0.0232. The Bertz CT molecular complexity index is 1240. The Hall–Kier alpha value is -3.57. The number of rotatable bonds is 7. The molecule has 9 nitrogen and oxygen atoms in total. The van der Waals surface area contributed by atoms with Crippen molar-refractivity contribution in [2.45, 2.75) is 25.4 Å². The molecule has 3 heterocycles. The third-order valence-electron chi connectivity index (χ3n) is 6.10. The number of piperidine rings is 1. The summed E-state index contributed by atoms with van der Waals surface area (Å²) in [4.78, 5) is 33.9. The zero-order chi connectivity index (χ0) is 25.8. The SMILES string of the molecule is CN(C)C1CCN(c2ccc(CNC(=O)c3cc(NC(=O)c4cc(F)c(F)cc4Cl)n[nH]3)cn2)CC1. The number of anilines is 2. The number of hydrogen-bond donors (Lipinski definition) is 3. The van der Waals surface area contributed by atoms with Gasteiger partial charge in [-0.25, -0.2) is 13.8 Å². The number of H-pyrrole nitrogens is 1. The number of hydrogen-bond acceptors (Lipinski definition) is 6. The van der Waals surface area contributed by atoms with Crippen LogP contribution in [0.15, 0.2) is 36.5 Å². The number of benzene rings is 1. The van der Waals surface area contributed by atoms with E-state index in [1.807, 2.05) is 12.1 Å². The van der Waals surface area contributed by atoms with Crippen LogP contribution in [-0.2, 0) is 6.54 Å². The topological polar surface area (TPSA) is 106 Å². The molecular formula is C24H26ClF2N7O2. The first-order chi connectivity index (χ1) is 17.2. The van der Waals surface area contributed by atoms with E-state index < -0.39 is 23.4 Å². The van der Waals surface area contributed by atoms with E-state index in [1.165, 1.54) is 6.07 Å². The summed E-state index contributed by atoms with van der Waals surface area (Å²) in [7, 11) is 4.21. The standard InChI is InChI=1S/C24H26ClF2N7O2/c1-33(2)15-5-7-34(8-6-15)22-4-3-14(12-28-22)13-29-24(36)20-11-21(32-31-20)30-23(35)16-9-18(26)19(27)10-17(16)25/h3-4,9-12,15H,5-8,13H2,1-2H3,(H,29,36)(H2,30,31,32,35). The quantitative estimate of drug-likeness (QED) is 0.414. The van der Waals surface area contributed by atoms with E-state index in [9.17, 15) is 18.4 Å². The highest BCUT2D eigenvalue weighted by atomic mass is 35.5. The average Bonchev–Trinajstić information content (AvgIpc) is 3.33. The van der Waals surface area contributed by atoms with Gasteiger partial charge in [0.25, 0.3) is 11.8 Å². The first-order valence-corrected chi connectivity index (χ1v) is 11.7. The lowest BCUT2D eigenvalue weighted by Crippen LogP contribution is -2.42. The zero-order valence-corrected chi connectivity index (χ0v) is 20.6. The molecule has 4 rings (SSSR count). The molecule has 3 aromatic rings. The third kappa shape index (κ3) is 5.97. The van der Waals surface area contributed by atoms with Crippen molar-refractivity contribution in [3.63, 3.8) is 0 Å². The molecule has 1 aromatic carbocycles. The van der Waals surface area contributed by atoms with E-state index in [0.29, 0.717) is 18.2 Å². The van der Waals surface area contributed by atoms with Crippen molar-refractivity contribution >= 4 is 35.1 Å². The summed E-state index contributed by atoms with van der Waals surface area (Å²) in [5.74, 6) is -2.67. The molecule has 1 saturated heterocycles. The number of pyridine rings is 1. The molecule has 0 saturated carbocycles. The van der Waals surface area contributed by atoms with Crippen LogP contribution in [0.2, 0.25) is 5.02 Å². The van der Waals surface area contributed by atoms with Gasteiger partial charge in [-0.2, -0.15) is 5.10 Å². The van der Waals surface area contributed by atoms with Crippen LogP contribution in [0.4, 0.5) is 20.4 Å². The van der Waals surface area contributed by atoms with Gasteiger partial charge in [-0.3, -0.25) is 14.7 Å². The van der Waals surface area contributed by atoms with Gasteiger partial charge in [0.2, 0.25) is 0 Å². The van der Waals surface area contributed by atoms with Crippen molar-refractivity contribution in [2.24, 2.45) is 0 Å². The van der Waals surface area contributed by atoms with E-state index in [2.05, 4.69) is 49.7 Å². The molecule has 1 aliphatic rings. The average molecular weight is 518 g/mol. The number of carbonyl (C=O) groups excluding carboxylic acids is 2. The normalized spacial score (nSPS) is 14.2. The molecule has 0 bridgehead atoms. The Morgan fingerprint density at radius 3 is 2.53 bits per heavy atom. The minimum atomic E-state index is -1.21. The van der Waals surface area contributed by atoms with Gasteiger partial charge in [0.15, 0.2) is 17.5 Å². The van der Waals surface area contributed by atoms with Gasteiger partial charge in [-0.15, -0.1) is 0 Å².